The first-order valence-electron chi connectivity index (χ1n) is 4.90. The Labute approximate surface area is 76.6 Å². The minimum absolute atomic E-state index is 0.468. The molecule has 70 valence electrons. The van der Waals surface area contributed by atoms with Crippen LogP contribution in [-0.4, -0.2) is 27.3 Å². The summed E-state index contributed by atoms with van der Waals surface area (Å²) in [4.78, 5) is 0. The third-order valence-electron chi connectivity index (χ3n) is 3.04. The monoisotopic (exact) mass is 187 g/mol. The maximum Gasteiger partial charge on any atom is 0.0501 e. The van der Waals surface area contributed by atoms with Crippen LogP contribution in [0.1, 0.15) is 32.6 Å². The third-order valence-corrected chi connectivity index (χ3v) is 4.92. The number of rotatable bonds is 0. The van der Waals surface area contributed by atoms with E-state index < -0.39 is 10.8 Å². The van der Waals surface area contributed by atoms with Gasteiger partial charge in [-0.05, 0) is 26.2 Å². The van der Waals surface area contributed by atoms with Crippen LogP contribution in [-0.2, 0) is 10.8 Å². The van der Waals surface area contributed by atoms with Crippen molar-refractivity contribution in [3.63, 3.8) is 0 Å². The molecule has 1 saturated carbocycles. The van der Waals surface area contributed by atoms with Crippen molar-refractivity contribution in [2.24, 2.45) is 0 Å². The molecule has 0 radical (unpaired) electrons. The zero-order chi connectivity index (χ0) is 8.55. The van der Waals surface area contributed by atoms with Gasteiger partial charge in [0.05, 0.1) is 5.25 Å². The van der Waals surface area contributed by atoms with Crippen molar-refractivity contribution in [1.82, 2.24) is 5.32 Å². The van der Waals surface area contributed by atoms with Crippen molar-refractivity contribution < 1.29 is 4.21 Å². The molecule has 2 fully saturated rings. The van der Waals surface area contributed by atoms with Gasteiger partial charge in [-0.1, -0.05) is 6.42 Å². The first-order chi connectivity index (χ1) is 5.77. The van der Waals surface area contributed by atoms with Crippen LogP contribution >= 0.6 is 0 Å². The van der Waals surface area contributed by atoms with E-state index in [-0.39, 0.29) is 0 Å². The van der Waals surface area contributed by atoms with E-state index in [9.17, 15) is 4.21 Å². The Morgan fingerprint density at radius 3 is 3.00 bits per heavy atom. The highest BCUT2D eigenvalue weighted by molar-refractivity contribution is 7.85. The van der Waals surface area contributed by atoms with E-state index >= 15 is 0 Å². The van der Waals surface area contributed by atoms with Gasteiger partial charge in [0, 0.05) is 28.6 Å². The molecule has 12 heavy (non-hydrogen) atoms. The van der Waals surface area contributed by atoms with Crippen LogP contribution in [0.2, 0.25) is 0 Å². The molecule has 1 aliphatic heterocycles. The second kappa shape index (κ2) is 3.46. The summed E-state index contributed by atoms with van der Waals surface area (Å²) in [5.41, 5.74) is 0. The number of fused-ring (bicyclic) bond motifs is 1. The van der Waals surface area contributed by atoms with E-state index in [0.717, 1.165) is 12.2 Å². The van der Waals surface area contributed by atoms with E-state index in [1.807, 2.05) is 0 Å². The first-order valence-corrected chi connectivity index (χ1v) is 6.29. The zero-order valence-corrected chi connectivity index (χ0v) is 8.40. The van der Waals surface area contributed by atoms with Gasteiger partial charge in [0.25, 0.3) is 0 Å². The van der Waals surface area contributed by atoms with Gasteiger partial charge in [0.1, 0.15) is 0 Å². The summed E-state index contributed by atoms with van der Waals surface area (Å²) in [5.74, 6) is 0.912. The summed E-state index contributed by atoms with van der Waals surface area (Å²) in [7, 11) is -0.546. The van der Waals surface area contributed by atoms with E-state index in [1.165, 1.54) is 19.3 Å². The molecule has 4 unspecified atom stereocenters. The quantitative estimate of drug-likeness (QED) is 0.614. The summed E-state index contributed by atoms with van der Waals surface area (Å²) in [6.07, 6.45) is 4.76. The molecule has 2 nitrogen and oxygen atoms in total. The number of hydrogen-bond acceptors (Lipinski definition) is 2. The molecule has 4 atom stereocenters. The molecule has 2 rings (SSSR count). The van der Waals surface area contributed by atoms with Crippen molar-refractivity contribution >= 4 is 10.8 Å². The fourth-order valence-corrected chi connectivity index (χ4v) is 4.22. The molecule has 0 bridgehead atoms. The van der Waals surface area contributed by atoms with Gasteiger partial charge in [0.2, 0.25) is 0 Å². The van der Waals surface area contributed by atoms with E-state index in [1.54, 1.807) is 0 Å². The average molecular weight is 187 g/mol. The van der Waals surface area contributed by atoms with Crippen LogP contribution < -0.4 is 5.32 Å². The summed E-state index contributed by atoms with van der Waals surface area (Å²) in [6.45, 7) is 2.21. The largest absolute Gasteiger partial charge is 0.310 e. The highest BCUT2D eigenvalue weighted by Gasteiger charge is 2.34. The van der Waals surface area contributed by atoms with Crippen molar-refractivity contribution in [3.05, 3.63) is 0 Å². The minimum Gasteiger partial charge on any atom is -0.310 e. The topological polar surface area (TPSA) is 29.1 Å². The molecule has 1 saturated heterocycles. The van der Waals surface area contributed by atoms with Gasteiger partial charge in [-0.2, -0.15) is 0 Å². The van der Waals surface area contributed by atoms with Gasteiger partial charge in [0.15, 0.2) is 0 Å². The standard InChI is InChI=1S/C9H17NOS/c1-7-5-6-12(11)9-4-2-3-8(9)10-7/h7-10H,2-6H2,1H3. The highest BCUT2D eigenvalue weighted by atomic mass is 32.2. The Morgan fingerprint density at radius 1 is 1.33 bits per heavy atom. The molecule has 1 aliphatic carbocycles. The molecule has 0 aromatic carbocycles. The lowest BCUT2D eigenvalue weighted by Gasteiger charge is -2.18. The molecule has 2 aliphatic rings. The summed E-state index contributed by atoms with van der Waals surface area (Å²) < 4.78 is 11.7. The predicted molar refractivity (Wildman–Crippen MR) is 51.7 cm³/mol. The molecular weight excluding hydrogens is 170 g/mol. The van der Waals surface area contributed by atoms with Crippen molar-refractivity contribution in [3.8, 4) is 0 Å². The fourth-order valence-electron chi connectivity index (χ4n) is 2.32. The van der Waals surface area contributed by atoms with Gasteiger partial charge in [-0.25, -0.2) is 0 Å². The average Bonchev–Trinajstić information content (AvgIpc) is 2.44. The van der Waals surface area contributed by atoms with Crippen molar-refractivity contribution in [1.29, 1.82) is 0 Å². The van der Waals surface area contributed by atoms with Gasteiger partial charge in [-0.3, -0.25) is 4.21 Å². The minimum atomic E-state index is -0.546. The van der Waals surface area contributed by atoms with Crippen LogP contribution in [0, 0.1) is 0 Å². The van der Waals surface area contributed by atoms with Crippen LogP contribution in [0.15, 0.2) is 0 Å². The molecule has 1 N–H and O–H groups in total. The molecule has 1 heterocycles. The van der Waals surface area contributed by atoms with Gasteiger partial charge in [-0.15, -0.1) is 0 Å². The zero-order valence-electron chi connectivity index (χ0n) is 7.58. The lowest BCUT2D eigenvalue weighted by atomic mass is 10.2. The van der Waals surface area contributed by atoms with Crippen LogP contribution in [0.3, 0.4) is 0 Å². The Bertz CT molecular complexity index is 195. The lowest BCUT2D eigenvalue weighted by Crippen LogP contribution is -2.39. The third kappa shape index (κ3) is 1.57. The normalized spacial score (nSPS) is 48.4. The number of hydrogen-bond donors (Lipinski definition) is 1. The van der Waals surface area contributed by atoms with Gasteiger partial charge >= 0.3 is 0 Å². The van der Waals surface area contributed by atoms with E-state index in [0.29, 0.717) is 17.3 Å². The highest BCUT2D eigenvalue weighted by Crippen LogP contribution is 2.27. The maximum atomic E-state index is 11.7. The van der Waals surface area contributed by atoms with Crippen molar-refractivity contribution in [2.75, 3.05) is 5.75 Å². The van der Waals surface area contributed by atoms with E-state index in [4.69, 9.17) is 0 Å². The second-order valence-corrected chi connectivity index (χ2v) is 5.79. The first kappa shape index (κ1) is 8.70. The Kier molecular flexibility index (Phi) is 2.51. The fraction of sp³-hybridized carbons (Fsp3) is 1.00. The summed E-state index contributed by atoms with van der Waals surface area (Å²) >= 11 is 0. The summed E-state index contributed by atoms with van der Waals surface area (Å²) in [5, 5.41) is 4.05. The SMILES string of the molecule is CC1CCS(=O)C2CCCC2N1. The summed E-state index contributed by atoms with van der Waals surface area (Å²) in [6, 6.07) is 1.13. The maximum absolute atomic E-state index is 11.7. The van der Waals surface area contributed by atoms with Crippen LogP contribution in [0.25, 0.3) is 0 Å². The Hall–Kier alpha value is 0.110. The Balaban J connectivity index is 2.10. The van der Waals surface area contributed by atoms with Crippen molar-refractivity contribution in [2.45, 2.75) is 49.9 Å². The molecule has 0 amide bonds. The van der Waals surface area contributed by atoms with Crippen LogP contribution in [0.5, 0.6) is 0 Å². The molecule has 3 heteroatoms. The Morgan fingerprint density at radius 2 is 2.17 bits per heavy atom. The number of nitrogens with one attached hydrogen (secondary N) is 1. The van der Waals surface area contributed by atoms with E-state index in [2.05, 4.69) is 12.2 Å². The lowest BCUT2D eigenvalue weighted by molar-refractivity contribution is 0.457. The molecule has 0 aromatic rings. The van der Waals surface area contributed by atoms with Gasteiger partial charge < -0.3 is 5.32 Å². The molecule has 0 aromatic heterocycles. The smallest absolute Gasteiger partial charge is 0.0501 e. The molecular formula is C9H17NOS. The van der Waals surface area contributed by atoms with Crippen LogP contribution in [0.4, 0.5) is 0 Å². The second-order valence-electron chi connectivity index (χ2n) is 4.02. The molecule has 0 spiro atoms. The predicted octanol–water partition coefficient (Wildman–Crippen LogP) is 1.04.